The summed E-state index contributed by atoms with van der Waals surface area (Å²) >= 11 is 6.16. The van der Waals surface area contributed by atoms with Crippen molar-refractivity contribution in [1.82, 2.24) is 9.88 Å². The van der Waals surface area contributed by atoms with Crippen LogP contribution in [0.1, 0.15) is 12.3 Å². The fraction of sp³-hybridized carbons (Fsp3) is 0.238. The Kier molecular flexibility index (Phi) is 6.66. The summed E-state index contributed by atoms with van der Waals surface area (Å²) in [5.41, 5.74) is 0.768. The standard InChI is InChI=1S/C21H20ClFN2O3/c1-25(12-13-27-16-8-6-15(23)7-9-16)21(26)11-10-20-24-14-19(28-20)17-4-2-3-5-18(17)22/h2-9,14H,10-13H2,1H3. The number of carbonyl (C=O) groups excluding carboxylic acids is 1. The van der Waals surface area contributed by atoms with E-state index in [1.54, 1.807) is 36.3 Å². The molecule has 0 aliphatic heterocycles. The van der Waals surface area contributed by atoms with Crippen molar-refractivity contribution in [3.63, 3.8) is 0 Å². The normalized spacial score (nSPS) is 10.7. The summed E-state index contributed by atoms with van der Waals surface area (Å²) < 4.78 is 24.1. The third-order valence-corrected chi connectivity index (χ3v) is 4.51. The topological polar surface area (TPSA) is 55.6 Å². The Morgan fingerprint density at radius 1 is 1.21 bits per heavy atom. The Labute approximate surface area is 167 Å². The molecule has 5 nitrogen and oxygen atoms in total. The molecule has 0 N–H and O–H groups in total. The molecule has 28 heavy (non-hydrogen) atoms. The monoisotopic (exact) mass is 402 g/mol. The van der Waals surface area contributed by atoms with E-state index in [4.69, 9.17) is 20.8 Å². The lowest BCUT2D eigenvalue weighted by atomic mass is 10.2. The van der Waals surface area contributed by atoms with Crippen LogP contribution in [-0.2, 0) is 11.2 Å². The van der Waals surface area contributed by atoms with E-state index < -0.39 is 0 Å². The Balaban J connectivity index is 1.44. The van der Waals surface area contributed by atoms with Gasteiger partial charge in [-0.05, 0) is 36.4 Å². The van der Waals surface area contributed by atoms with E-state index >= 15 is 0 Å². The number of carbonyl (C=O) groups is 1. The molecule has 0 aliphatic rings. The molecule has 0 saturated carbocycles. The van der Waals surface area contributed by atoms with Crippen molar-refractivity contribution in [2.75, 3.05) is 20.2 Å². The van der Waals surface area contributed by atoms with E-state index in [1.165, 1.54) is 12.1 Å². The van der Waals surface area contributed by atoms with E-state index in [0.29, 0.717) is 42.0 Å². The maximum absolute atomic E-state index is 12.9. The van der Waals surface area contributed by atoms with Crippen LogP contribution in [0.3, 0.4) is 0 Å². The second-order valence-corrected chi connectivity index (χ2v) is 6.62. The van der Waals surface area contributed by atoms with E-state index in [1.807, 2.05) is 18.2 Å². The summed E-state index contributed by atoms with van der Waals surface area (Å²) in [6.45, 7) is 0.746. The van der Waals surface area contributed by atoms with Crippen molar-refractivity contribution in [2.45, 2.75) is 12.8 Å². The zero-order chi connectivity index (χ0) is 19.9. The number of hydrogen-bond acceptors (Lipinski definition) is 4. The Bertz CT molecular complexity index is 927. The molecule has 1 aromatic heterocycles. The predicted octanol–water partition coefficient (Wildman–Crippen LogP) is 4.60. The van der Waals surface area contributed by atoms with Crippen LogP contribution >= 0.6 is 11.6 Å². The van der Waals surface area contributed by atoms with Crippen LogP contribution in [0.15, 0.2) is 59.1 Å². The number of halogens is 2. The molecule has 2 aromatic carbocycles. The molecule has 146 valence electrons. The van der Waals surface area contributed by atoms with Gasteiger partial charge in [0, 0.05) is 25.5 Å². The first-order chi connectivity index (χ1) is 13.5. The summed E-state index contributed by atoms with van der Waals surface area (Å²) in [5.74, 6) is 1.27. The van der Waals surface area contributed by atoms with Gasteiger partial charge in [0.2, 0.25) is 5.91 Å². The van der Waals surface area contributed by atoms with Gasteiger partial charge in [-0.2, -0.15) is 0 Å². The SMILES string of the molecule is CN(CCOc1ccc(F)cc1)C(=O)CCc1ncc(-c2ccccc2Cl)o1. The van der Waals surface area contributed by atoms with Crippen molar-refractivity contribution < 1.29 is 18.3 Å². The van der Waals surface area contributed by atoms with Gasteiger partial charge in [0.1, 0.15) is 18.2 Å². The van der Waals surface area contributed by atoms with Crippen LogP contribution in [0.5, 0.6) is 5.75 Å². The van der Waals surface area contributed by atoms with Crippen LogP contribution in [0.4, 0.5) is 4.39 Å². The van der Waals surface area contributed by atoms with E-state index in [9.17, 15) is 9.18 Å². The Morgan fingerprint density at radius 2 is 1.96 bits per heavy atom. The van der Waals surface area contributed by atoms with Crippen LogP contribution in [0.2, 0.25) is 5.02 Å². The Hall–Kier alpha value is -2.86. The van der Waals surface area contributed by atoms with Gasteiger partial charge in [0.25, 0.3) is 0 Å². The number of benzene rings is 2. The smallest absolute Gasteiger partial charge is 0.222 e. The summed E-state index contributed by atoms with van der Waals surface area (Å²) in [6, 6.07) is 13.1. The van der Waals surface area contributed by atoms with E-state index in [2.05, 4.69) is 4.98 Å². The molecular formula is C21H20ClFN2O3. The quantitative estimate of drug-likeness (QED) is 0.552. The van der Waals surface area contributed by atoms with Crippen molar-refractivity contribution in [3.8, 4) is 17.1 Å². The van der Waals surface area contributed by atoms with Gasteiger partial charge in [-0.3, -0.25) is 4.79 Å². The number of rotatable bonds is 8. The average Bonchev–Trinajstić information content (AvgIpc) is 3.16. The minimum Gasteiger partial charge on any atom is -0.492 e. The number of hydrogen-bond donors (Lipinski definition) is 0. The molecule has 0 aliphatic carbocycles. The molecule has 0 fully saturated rings. The number of nitrogens with zero attached hydrogens (tertiary/aromatic N) is 2. The van der Waals surface area contributed by atoms with Gasteiger partial charge in [-0.25, -0.2) is 9.37 Å². The largest absolute Gasteiger partial charge is 0.492 e. The maximum Gasteiger partial charge on any atom is 0.222 e. The Morgan fingerprint density at radius 3 is 2.71 bits per heavy atom. The third kappa shape index (κ3) is 5.33. The first kappa shape index (κ1) is 19.9. The molecule has 3 aromatic rings. The lowest BCUT2D eigenvalue weighted by Gasteiger charge is -2.17. The fourth-order valence-electron chi connectivity index (χ4n) is 2.57. The minimum absolute atomic E-state index is 0.0415. The molecule has 0 bridgehead atoms. The minimum atomic E-state index is -0.316. The highest BCUT2D eigenvalue weighted by Crippen LogP contribution is 2.28. The summed E-state index contributed by atoms with van der Waals surface area (Å²) in [6.07, 6.45) is 2.28. The molecule has 1 amide bonds. The number of oxazole rings is 1. The van der Waals surface area contributed by atoms with Gasteiger partial charge >= 0.3 is 0 Å². The number of aromatic nitrogens is 1. The number of likely N-dealkylation sites (N-methyl/N-ethyl adjacent to an activating group) is 1. The first-order valence-corrected chi connectivity index (χ1v) is 9.22. The summed E-state index contributed by atoms with van der Waals surface area (Å²) in [5, 5.41) is 0.585. The third-order valence-electron chi connectivity index (χ3n) is 4.18. The molecule has 7 heteroatoms. The molecule has 0 saturated heterocycles. The van der Waals surface area contributed by atoms with Crippen molar-refractivity contribution in [3.05, 3.63) is 71.5 Å². The first-order valence-electron chi connectivity index (χ1n) is 8.85. The van der Waals surface area contributed by atoms with E-state index in [0.717, 1.165) is 5.56 Å². The highest BCUT2D eigenvalue weighted by Gasteiger charge is 2.13. The molecule has 0 unspecified atom stereocenters. The average molecular weight is 403 g/mol. The molecule has 3 rings (SSSR count). The molecular weight excluding hydrogens is 383 g/mol. The molecule has 1 heterocycles. The van der Waals surface area contributed by atoms with Crippen molar-refractivity contribution in [2.24, 2.45) is 0 Å². The van der Waals surface area contributed by atoms with Crippen LogP contribution in [0, 0.1) is 5.82 Å². The lowest BCUT2D eigenvalue weighted by Crippen LogP contribution is -2.31. The molecule has 0 atom stereocenters. The van der Waals surface area contributed by atoms with Gasteiger partial charge < -0.3 is 14.1 Å². The van der Waals surface area contributed by atoms with Crippen LogP contribution < -0.4 is 4.74 Å². The predicted molar refractivity (Wildman–Crippen MR) is 105 cm³/mol. The van der Waals surface area contributed by atoms with Crippen LogP contribution in [0.25, 0.3) is 11.3 Å². The molecule has 0 spiro atoms. The van der Waals surface area contributed by atoms with Crippen LogP contribution in [-0.4, -0.2) is 36.0 Å². The molecule has 0 radical (unpaired) electrons. The van der Waals surface area contributed by atoms with Crippen molar-refractivity contribution >= 4 is 17.5 Å². The fourth-order valence-corrected chi connectivity index (χ4v) is 2.80. The number of aryl methyl sites for hydroxylation is 1. The zero-order valence-electron chi connectivity index (χ0n) is 15.4. The van der Waals surface area contributed by atoms with Gasteiger partial charge in [0.15, 0.2) is 11.7 Å². The van der Waals surface area contributed by atoms with Gasteiger partial charge in [-0.1, -0.05) is 23.7 Å². The number of amides is 1. The second kappa shape index (κ2) is 9.37. The zero-order valence-corrected chi connectivity index (χ0v) is 16.2. The summed E-state index contributed by atoms with van der Waals surface area (Å²) in [4.78, 5) is 18.1. The second-order valence-electron chi connectivity index (χ2n) is 6.22. The summed E-state index contributed by atoms with van der Waals surface area (Å²) in [7, 11) is 1.71. The van der Waals surface area contributed by atoms with Gasteiger partial charge in [-0.15, -0.1) is 0 Å². The highest BCUT2D eigenvalue weighted by molar-refractivity contribution is 6.33. The number of ether oxygens (including phenoxy) is 1. The lowest BCUT2D eigenvalue weighted by molar-refractivity contribution is -0.130. The maximum atomic E-state index is 12.9. The van der Waals surface area contributed by atoms with E-state index in [-0.39, 0.29) is 18.1 Å². The van der Waals surface area contributed by atoms with Crippen molar-refractivity contribution in [1.29, 1.82) is 0 Å². The highest BCUT2D eigenvalue weighted by atomic mass is 35.5. The van der Waals surface area contributed by atoms with Gasteiger partial charge in [0.05, 0.1) is 17.8 Å².